The second-order valence-corrected chi connectivity index (χ2v) is 8.47. The van der Waals surface area contributed by atoms with Gasteiger partial charge in [-0.15, -0.1) is 11.3 Å². The van der Waals surface area contributed by atoms with Crippen molar-refractivity contribution >= 4 is 33.2 Å². The first-order chi connectivity index (χ1) is 10.1. The van der Waals surface area contributed by atoms with Crippen LogP contribution in [-0.2, 0) is 11.3 Å². The lowest BCUT2D eigenvalue weighted by Crippen LogP contribution is -2.47. The van der Waals surface area contributed by atoms with Gasteiger partial charge in [0.2, 0.25) is 5.91 Å². The molecule has 0 aromatic carbocycles. The van der Waals surface area contributed by atoms with Gasteiger partial charge >= 0.3 is 0 Å². The number of amides is 1. The lowest BCUT2D eigenvalue weighted by Gasteiger charge is -2.35. The van der Waals surface area contributed by atoms with Gasteiger partial charge in [0.25, 0.3) is 0 Å². The first-order valence-corrected chi connectivity index (χ1v) is 9.46. The van der Waals surface area contributed by atoms with Gasteiger partial charge in [-0.05, 0) is 47.8 Å². The van der Waals surface area contributed by atoms with E-state index in [1.54, 1.807) is 11.3 Å². The third-order valence-corrected chi connectivity index (χ3v) is 6.16. The third kappa shape index (κ3) is 4.08. The van der Waals surface area contributed by atoms with E-state index < -0.39 is 0 Å². The van der Waals surface area contributed by atoms with Crippen molar-refractivity contribution in [2.24, 2.45) is 11.1 Å². The van der Waals surface area contributed by atoms with E-state index in [-0.39, 0.29) is 11.3 Å². The molecule has 21 heavy (non-hydrogen) atoms. The van der Waals surface area contributed by atoms with Crippen LogP contribution in [0, 0.1) is 5.41 Å². The van der Waals surface area contributed by atoms with Crippen LogP contribution in [0.4, 0.5) is 0 Å². The summed E-state index contributed by atoms with van der Waals surface area (Å²) in [5, 5.41) is 0. The minimum absolute atomic E-state index is 0.263. The number of thiophene rings is 1. The van der Waals surface area contributed by atoms with Crippen LogP contribution in [0.25, 0.3) is 0 Å². The van der Waals surface area contributed by atoms with Gasteiger partial charge in [-0.1, -0.05) is 25.7 Å². The van der Waals surface area contributed by atoms with Crippen LogP contribution < -0.4 is 5.73 Å². The number of carbonyl (C=O) groups excluding carboxylic acids is 1. The second-order valence-electron chi connectivity index (χ2n) is 5.92. The molecule has 0 spiro atoms. The Bertz CT molecular complexity index is 467. The quantitative estimate of drug-likeness (QED) is 0.788. The van der Waals surface area contributed by atoms with E-state index in [9.17, 15) is 4.79 Å². The largest absolute Gasteiger partial charge is 0.337 e. The van der Waals surface area contributed by atoms with Gasteiger partial charge in [0.1, 0.15) is 0 Å². The molecule has 0 bridgehead atoms. The lowest BCUT2D eigenvalue weighted by atomic mass is 9.79. The molecule has 1 aromatic rings. The Morgan fingerprint density at radius 3 is 2.48 bits per heavy atom. The van der Waals surface area contributed by atoms with E-state index in [2.05, 4.69) is 28.9 Å². The van der Waals surface area contributed by atoms with Crippen LogP contribution in [0.2, 0.25) is 0 Å². The summed E-state index contributed by atoms with van der Waals surface area (Å²) >= 11 is 5.18. The van der Waals surface area contributed by atoms with Crippen LogP contribution in [0.15, 0.2) is 15.9 Å². The minimum atomic E-state index is -0.318. The van der Waals surface area contributed by atoms with Crippen molar-refractivity contribution < 1.29 is 4.79 Å². The zero-order chi connectivity index (χ0) is 15.3. The van der Waals surface area contributed by atoms with Crippen LogP contribution in [0.1, 0.15) is 50.3 Å². The summed E-state index contributed by atoms with van der Waals surface area (Å²) in [4.78, 5) is 16.3. The Hall–Kier alpha value is -0.390. The average Bonchev–Trinajstić information content (AvgIpc) is 2.77. The van der Waals surface area contributed by atoms with Gasteiger partial charge in [0.05, 0.1) is 15.7 Å². The Balaban J connectivity index is 2.13. The number of rotatable bonds is 5. The van der Waals surface area contributed by atoms with Crippen LogP contribution >= 0.6 is 27.3 Å². The first-order valence-electron chi connectivity index (χ1n) is 7.85. The maximum absolute atomic E-state index is 13.1. The Labute approximate surface area is 140 Å². The van der Waals surface area contributed by atoms with E-state index in [0.29, 0.717) is 13.1 Å². The zero-order valence-electron chi connectivity index (χ0n) is 12.7. The fourth-order valence-corrected chi connectivity index (χ4v) is 4.70. The number of hydrogen-bond donors (Lipinski definition) is 1. The van der Waals surface area contributed by atoms with Crippen LogP contribution in [-0.4, -0.2) is 23.9 Å². The highest BCUT2D eigenvalue weighted by Gasteiger charge is 2.39. The van der Waals surface area contributed by atoms with Crippen molar-refractivity contribution in [3.63, 3.8) is 0 Å². The summed E-state index contributed by atoms with van der Waals surface area (Å²) in [5.41, 5.74) is 5.73. The molecule has 2 N–H and O–H groups in total. The molecule has 0 aliphatic heterocycles. The molecule has 1 heterocycles. The SMILES string of the molecule is CCN(Cc1ccc(Br)s1)C(=O)C1(CN)CCCCCC1. The van der Waals surface area contributed by atoms with Gasteiger partial charge in [-0.3, -0.25) is 4.79 Å². The molecule has 1 aromatic heterocycles. The summed E-state index contributed by atoms with van der Waals surface area (Å²) in [6, 6.07) is 4.13. The molecule has 1 fully saturated rings. The summed E-state index contributed by atoms with van der Waals surface area (Å²) in [6.07, 6.45) is 6.63. The molecule has 2 rings (SSSR count). The Kier molecular flexibility index (Phi) is 6.26. The van der Waals surface area contributed by atoms with Crippen LogP contribution in [0.3, 0.4) is 0 Å². The van der Waals surface area contributed by atoms with E-state index in [0.717, 1.165) is 36.0 Å². The number of halogens is 1. The van der Waals surface area contributed by atoms with E-state index in [1.807, 2.05) is 11.0 Å². The molecular formula is C16H25BrN2OS. The molecule has 118 valence electrons. The van der Waals surface area contributed by atoms with Gasteiger partial charge in [-0.25, -0.2) is 0 Å². The summed E-state index contributed by atoms with van der Waals surface area (Å²) in [7, 11) is 0. The molecular weight excluding hydrogens is 348 g/mol. The van der Waals surface area contributed by atoms with Crippen molar-refractivity contribution in [2.75, 3.05) is 13.1 Å². The van der Waals surface area contributed by atoms with E-state index >= 15 is 0 Å². The lowest BCUT2D eigenvalue weighted by molar-refractivity contribution is -0.143. The van der Waals surface area contributed by atoms with E-state index in [1.165, 1.54) is 17.7 Å². The Morgan fingerprint density at radius 1 is 1.33 bits per heavy atom. The molecule has 3 nitrogen and oxygen atoms in total. The maximum atomic E-state index is 13.1. The number of nitrogens with zero attached hydrogens (tertiary/aromatic N) is 1. The summed E-state index contributed by atoms with van der Waals surface area (Å²) < 4.78 is 1.11. The zero-order valence-corrected chi connectivity index (χ0v) is 15.1. The Morgan fingerprint density at radius 2 is 2.00 bits per heavy atom. The van der Waals surface area contributed by atoms with Crippen molar-refractivity contribution in [3.05, 3.63) is 20.8 Å². The van der Waals surface area contributed by atoms with Crippen molar-refractivity contribution in [2.45, 2.75) is 52.0 Å². The first kappa shape index (κ1) is 17.0. The van der Waals surface area contributed by atoms with Crippen molar-refractivity contribution in [3.8, 4) is 0 Å². The van der Waals surface area contributed by atoms with Gasteiger partial charge < -0.3 is 10.6 Å². The highest BCUT2D eigenvalue weighted by molar-refractivity contribution is 9.11. The molecule has 1 aliphatic carbocycles. The predicted molar refractivity (Wildman–Crippen MR) is 92.3 cm³/mol. The topological polar surface area (TPSA) is 46.3 Å². The number of hydrogen-bond acceptors (Lipinski definition) is 3. The summed E-state index contributed by atoms with van der Waals surface area (Å²) in [5.74, 6) is 0.263. The van der Waals surface area contributed by atoms with Crippen LogP contribution in [0.5, 0.6) is 0 Å². The van der Waals surface area contributed by atoms with Crippen molar-refractivity contribution in [1.29, 1.82) is 0 Å². The van der Waals surface area contributed by atoms with Gasteiger partial charge in [0.15, 0.2) is 0 Å². The van der Waals surface area contributed by atoms with E-state index in [4.69, 9.17) is 5.73 Å². The highest BCUT2D eigenvalue weighted by atomic mass is 79.9. The fraction of sp³-hybridized carbons (Fsp3) is 0.688. The number of nitrogens with two attached hydrogens (primary N) is 1. The normalized spacial score (nSPS) is 18.2. The van der Waals surface area contributed by atoms with Gasteiger partial charge in [0, 0.05) is 18.0 Å². The molecule has 1 amide bonds. The highest BCUT2D eigenvalue weighted by Crippen LogP contribution is 2.36. The molecule has 1 saturated carbocycles. The standard InChI is InChI=1S/C16H25BrN2OS/c1-2-19(11-13-7-8-14(17)21-13)15(20)16(12-18)9-5-3-4-6-10-16/h7-8H,2-6,9-12,18H2,1H3. The maximum Gasteiger partial charge on any atom is 0.230 e. The minimum Gasteiger partial charge on any atom is -0.337 e. The van der Waals surface area contributed by atoms with Crippen molar-refractivity contribution in [1.82, 2.24) is 4.90 Å². The monoisotopic (exact) mass is 372 g/mol. The molecule has 0 radical (unpaired) electrons. The molecule has 5 heteroatoms. The number of carbonyl (C=O) groups is 1. The second kappa shape index (κ2) is 7.75. The fourth-order valence-electron chi connectivity index (χ4n) is 3.20. The molecule has 0 atom stereocenters. The molecule has 0 saturated heterocycles. The molecule has 1 aliphatic rings. The third-order valence-electron chi connectivity index (χ3n) is 4.55. The average molecular weight is 373 g/mol. The van der Waals surface area contributed by atoms with Gasteiger partial charge in [-0.2, -0.15) is 0 Å². The smallest absolute Gasteiger partial charge is 0.230 e. The summed E-state index contributed by atoms with van der Waals surface area (Å²) in [6.45, 7) is 3.99. The predicted octanol–water partition coefficient (Wildman–Crippen LogP) is 4.16. The molecule has 0 unspecified atom stereocenters.